The van der Waals surface area contributed by atoms with Gasteiger partial charge < -0.3 is 5.32 Å². The Kier molecular flexibility index (Phi) is 3.07. The summed E-state index contributed by atoms with van der Waals surface area (Å²) in [6.07, 6.45) is 7.37. The highest BCUT2D eigenvalue weighted by atomic mass is 35.5. The summed E-state index contributed by atoms with van der Waals surface area (Å²) in [6, 6.07) is 1.54. The molecule has 0 aliphatic carbocycles. The van der Waals surface area contributed by atoms with Crippen molar-refractivity contribution in [1.29, 1.82) is 0 Å². The Hall–Kier alpha value is -2.01. The maximum atomic E-state index is 11.7. The van der Waals surface area contributed by atoms with Gasteiger partial charge in [-0.15, -0.1) is 0 Å². The van der Waals surface area contributed by atoms with Crippen molar-refractivity contribution in [2.24, 2.45) is 0 Å². The number of carbonyl (C=O) groups excluding carboxylic acids is 1. The maximum absolute atomic E-state index is 11.7. The zero-order valence-electron chi connectivity index (χ0n) is 8.09. The van der Waals surface area contributed by atoms with Crippen molar-refractivity contribution in [2.75, 3.05) is 5.32 Å². The van der Waals surface area contributed by atoms with Gasteiger partial charge in [0.05, 0.1) is 16.8 Å². The minimum Gasteiger partial charge on any atom is -0.305 e. The van der Waals surface area contributed by atoms with Crippen molar-refractivity contribution in [2.45, 2.75) is 0 Å². The second-order valence-corrected chi connectivity index (χ2v) is 3.31. The number of amides is 1. The summed E-state index contributed by atoms with van der Waals surface area (Å²) in [5.74, 6) is 0.0354. The molecule has 80 valence electrons. The topological polar surface area (TPSA) is 67.8 Å². The molecule has 2 rings (SSSR count). The average molecular weight is 235 g/mol. The third-order valence-corrected chi connectivity index (χ3v) is 2.12. The van der Waals surface area contributed by atoms with E-state index in [1.807, 2.05) is 0 Å². The molecular formula is C10H7ClN4O. The fraction of sp³-hybridized carbons (Fsp3) is 0. The Morgan fingerprint density at radius 1 is 1.19 bits per heavy atom. The number of aromatic nitrogens is 3. The normalized spacial score (nSPS) is 9.81. The lowest BCUT2D eigenvalue weighted by Gasteiger charge is -2.04. The van der Waals surface area contributed by atoms with Crippen LogP contribution in [0.4, 0.5) is 5.82 Å². The number of pyridine rings is 1. The highest BCUT2D eigenvalue weighted by Crippen LogP contribution is 2.14. The van der Waals surface area contributed by atoms with Crippen molar-refractivity contribution < 1.29 is 4.79 Å². The van der Waals surface area contributed by atoms with Gasteiger partial charge in [0.15, 0.2) is 5.82 Å². The lowest BCUT2D eigenvalue weighted by molar-refractivity contribution is 0.102. The molecule has 0 aliphatic heterocycles. The molecule has 0 radical (unpaired) electrons. The predicted molar refractivity (Wildman–Crippen MR) is 59.2 cm³/mol. The van der Waals surface area contributed by atoms with Crippen LogP contribution in [-0.2, 0) is 0 Å². The molecule has 0 spiro atoms. The number of anilines is 1. The number of halogens is 1. The van der Waals surface area contributed by atoms with Crippen LogP contribution < -0.4 is 5.32 Å². The van der Waals surface area contributed by atoms with Crippen LogP contribution in [0.1, 0.15) is 10.4 Å². The van der Waals surface area contributed by atoms with E-state index in [9.17, 15) is 4.79 Å². The van der Waals surface area contributed by atoms with Crippen LogP contribution in [0.25, 0.3) is 0 Å². The average Bonchev–Trinajstić information content (AvgIpc) is 2.31. The van der Waals surface area contributed by atoms with E-state index < -0.39 is 0 Å². The highest BCUT2D eigenvalue weighted by Gasteiger charge is 2.10. The predicted octanol–water partition coefficient (Wildman–Crippen LogP) is 1.78. The molecule has 6 heteroatoms. The van der Waals surface area contributed by atoms with Gasteiger partial charge in [0.1, 0.15) is 0 Å². The Balaban J connectivity index is 2.19. The van der Waals surface area contributed by atoms with E-state index in [1.165, 1.54) is 37.1 Å². The van der Waals surface area contributed by atoms with Crippen molar-refractivity contribution in [1.82, 2.24) is 15.0 Å². The SMILES string of the molecule is O=C(Nc1cnccn1)c1ccncc1Cl. The molecule has 5 nitrogen and oxygen atoms in total. The van der Waals surface area contributed by atoms with Gasteiger partial charge in [0, 0.05) is 24.8 Å². The number of hydrogen-bond donors (Lipinski definition) is 1. The van der Waals surface area contributed by atoms with E-state index in [0.29, 0.717) is 16.4 Å². The molecule has 2 aromatic rings. The van der Waals surface area contributed by atoms with Crippen LogP contribution in [0.5, 0.6) is 0 Å². The first-order valence-electron chi connectivity index (χ1n) is 4.44. The van der Waals surface area contributed by atoms with Crippen LogP contribution in [0.3, 0.4) is 0 Å². The minimum absolute atomic E-state index is 0.295. The standard InChI is InChI=1S/C10H7ClN4O/c11-8-5-12-2-1-7(8)10(16)15-9-6-13-3-4-14-9/h1-6H,(H,14,15,16). The number of hydrogen-bond acceptors (Lipinski definition) is 4. The molecule has 1 amide bonds. The van der Waals surface area contributed by atoms with Gasteiger partial charge in [-0.25, -0.2) is 4.98 Å². The molecule has 2 aromatic heterocycles. The summed E-state index contributed by atoms with van der Waals surface area (Å²) in [5.41, 5.74) is 0.349. The van der Waals surface area contributed by atoms with Gasteiger partial charge in [-0.3, -0.25) is 14.8 Å². The summed E-state index contributed by atoms with van der Waals surface area (Å²) in [5, 5.41) is 2.87. The third-order valence-electron chi connectivity index (χ3n) is 1.82. The molecule has 0 bridgehead atoms. The molecule has 0 unspecified atom stereocenters. The fourth-order valence-electron chi connectivity index (χ4n) is 1.11. The molecule has 0 saturated carbocycles. The Morgan fingerprint density at radius 2 is 2.00 bits per heavy atom. The van der Waals surface area contributed by atoms with E-state index in [1.54, 1.807) is 0 Å². The van der Waals surface area contributed by atoms with Crippen LogP contribution in [-0.4, -0.2) is 20.9 Å². The maximum Gasteiger partial charge on any atom is 0.258 e. The Labute approximate surface area is 96.5 Å². The number of nitrogens with one attached hydrogen (secondary N) is 1. The van der Waals surface area contributed by atoms with Crippen LogP contribution in [0.2, 0.25) is 5.02 Å². The van der Waals surface area contributed by atoms with E-state index in [4.69, 9.17) is 11.6 Å². The summed E-state index contributed by atoms with van der Waals surface area (Å²) >= 11 is 5.83. The highest BCUT2D eigenvalue weighted by molar-refractivity contribution is 6.34. The molecule has 1 N–H and O–H groups in total. The monoisotopic (exact) mass is 234 g/mol. The third kappa shape index (κ3) is 2.32. The van der Waals surface area contributed by atoms with Crippen molar-refractivity contribution in [3.05, 3.63) is 47.6 Å². The first kappa shape index (κ1) is 10.5. The van der Waals surface area contributed by atoms with E-state index >= 15 is 0 Å². The molecule has 0 saturated heterocycles. The quantitative estimate of drug-likeness (QED) is 0.860. The lowest BCUT2D eigenvalue weighted by Crippen LogP contribution is -2.13. The number of carbonyl (C=O) groups is 1. The summed E-state index contributed by atoms with van der Waals surface area (Å²) in [6.45, 7) is 0. The van der Waals surface area contributed by atoms with Gasteiger partial charge in [0.2, 0.25) is 0 Å². The largest absolute Gasteiger partial charge is 0.305 e. The zero-order chi connectivity index (χ0) is 11.4. The Bertz CT molecular complexity index is 503. The number of nitrogens with zero attached hydrogens (tertiary/aromatic N) is 3. The molecule has 2 heterocycles. The van der Waals surface area contributed by atoms with Crippen LogP contribution >= 0.6 is 11.6 Å². The molecule has 16 heavy (non-hydrogen) atoms. The second kappa shape index (κ2) is 4.67. The first-order valence-corrected chi connectivity index (χ1v) is 4.82. The van der Waals surface area contributed by atoms with Crippen LogP contribution in [0.15, 0.2) is 37.1 Å². The molecular weight excluding hydrogens is 228 g/mol. The van der Waals surface area contributed by atoms with Crippen molar-refractivity contribution >= 4 is 23.3 Å². The summed E-state index contributed by atoms with van der Waals surface area (Å²) < 4.78 is 0. The Morgan fingerprint density at radius 3 is 2.69 bits per heavy atom. The smallest absolute Gasteiger partial charge is 0.258 e. The lowest BCUT2D eigenvalue weighted by atomic mass is 10.2. The second-order valence-electron chi connectivity index (χ2n) is 2.90. The van der Waals surface area contributed by atoms with Gasteiger partial charge in [-0.1, -0.05) is 11.6 Å². The zero-order valence-corrected chi connectivity index (χ0v) is 8.85. The van der Waals surface area contributed by atoms with E-state index in [-0.39, 0.29) is 5.91 Å². The molecule has 0 aromatic carbocycles. The fourth-order valence-corrected chi connectivity index (χ4v) is 1.31. The first-order chi connectivity index (χ1) is 7.77. The number of rotatable bonds is 2. The van der Waals surface area contributed by atoms with Crippen LogP contribution in [0, 0.1) is 0 Å². The molecule has 0 fully saturated rings. The summed E-state index contributed by atoms with van der Waals surface area (Å²) in [7, 11) is 0. The van der Waals surface area contributed by atoms with Gasteiger partial charge in [-0.05, 0) is 6.07 Å². The molecule has 0 aliphatic rings. The summed E-state index contributed by atoms with van der Waals surface area (Å²) in [4.78, 5) is 23.3. The van der Waals surface area contributed by atoms with Crippen molar-refractivity contribution in [3.8, 4) is 0 Å². The van der Waals surface area contributed by atoms with E-state index in [2.05, 4.69) is 20.3 Å². The van der Waals surface area contributed by atoms with Gasteiger partial charge in [0.25, 0.3) is 5.91 Å². The van der Waals surface area contributed by atoms with E-state index in [0.717, 1.165) is 0 Å². The van der Waals surface area contributed by atoms with Crippen molar-refractivity contribution in [3.63, 3.8) is 0 Å². The molecule has 0 atom stereocenters. The van der Waals surface area contributed by atoms with Gasteiger partial charge >= 0.3 is 0 Å². The minimum atomic E-state index is -0.340. The van der Waals surface area contributed by atoms with Gasteiger partial charge in [-0.2, -0.15) is 0 Å².